The van der Waals surface area contributed by atoms with Crippen LogP contribution >= 0.6 is 0 Å². The highest BCUT2D eigenvalue weighted by Gasteiger charge is 2.32. The third-order valence-corrected chi connectivity index (χ3v) is 6.29. The number of halogens is 3. The van der Waals surface area contributed by atoms with E-state index in [1.165, 1.54) is 0 Å². The maximum absolute atomic E-state index is 15.3. The molecule has 1 saturated heterocycles. The van der Waals surface area contributed by atoms with Crippen LogP contribution in [-0.4, -0.2) is 51.5 Å². The summed E-state index contributed by atoms with van der Waals surface area (Å²) in [4.78, 5) is 42.6. The van der Waals surface area contributed by atoms with Gasteiger partial charge in [0.05, 0.1) is 11.1 Å². The van der Waals surface area contributed by atoms with Gasteiger partial charge in [0.1, 0.15) is 22.8 Å². The molecular weight excluding hydrogens is 505 g/mol. The number of fused-ring (bicyclic) bond motifs is 1. The summed E-state index contributed by atoms with van der Waals surface area (Å²) >= 11 is 0. The second-order valence-corrected chi connectivity index (χ2v) is 10.2. The summed E-state index contributed by atoms with van der Waals surface area (Å²) in [6.45, 7) is 7.75. The summed E-state index contributed by atoms with van der Waals surface area (Å²) in [6.07, 6.45) is 0.906. The van der Waals surface area contributed by atoms with E-state index >= 15 is 4.39 Å². The lowest BCUT2D eigenvalue weighted by atomic mass is 10.0. The molecule has 9 nitrogen and oxygen atoms in total. The van der Waals surface area contributed by atoms with Crippen LogP contribution < -0.4 is 15.6 Å². The Labute approximate surface area is 215 Å². The number of amides is 1. The van der Waals surface area contributed by atoms with Gasteiger partial charge in [-0.1, -0.05) is 0 Å². The molecule has 0 radical (unpaired) electrons. The van der Waals surface area contributed by atoms with Crippen LogP contribution in [0.1, 0.15) is 44.5 Å². The van der Waals surface area contributed by atoms with Crippen molar-refractivity contribution in [3.63, 3.8) is 0 Å². The molecule has 0 spiro atoms. The number of carbonyl (C=O) groups excluding carboxylic acids is 1. The number of nitrogens with one attached hydrogen (secondary N) is 1. The van der Waals surface area contributed by atoms with Crippen LogP contribution in [0.25, 0.3) is 16.7 Å². The highest BCUT2D eigenvalue weighted by Crippen LogP contribution is 2.29. The standard InChI is InChI=1S/C26H27F3N4O5/c1-13(30-25(37)38-26(2,3)4)14-7-8-32(11-14)23-19(29)10-16-21(34)17(24(35)36)12-33(22(16)31-23)20-6-5-15(27)9-18(20)28/h5-6,9-10,12-14H,7-8,11H2,1-4H3,(H,30,37)(H,35,36)/t13-,14-/m1/s1. The zero-order chi connectivity index (χ0) is 27.9. The number of alkyl carbamates (subject to hydrolysis) is 1. The maximum Gasteiger partial charge on any atom is 0.407 e. The van der Waals surface area contributed by atoms with Crippen LogP contribution in [0.15, 0.2) is 35.3 Å². The molecule has 3 heterocycles. The number of rotatable bonds is 5. The number of nitrogens with zero attached hydrogens (tertiary/aromatic N) is 3. The highest BCUT2D eigenvalue weighted by molar-refractivity contribution is 5.92. The number of aromatic carboxylic acids is 1. The number of benzene rings is 1. The summed E-state index contributed by atoms with van der Waals surface area (Å²) in [5, 5.41) is 11.9. The Morgan fingerprint density at radius 1 is 1.18 bits per heavy atom. The van der Waals surface area contributed by atoms with Gasteiger partial charge in [-0.05, 0) is 58.2 Å². The molecule has 1 aliphatic heterocycles. The van der Waals surface area contributed by atoms with Crippen molar-refractivity contribution < 1.29 is 32.6 Å². The number of aromatic nitrogens is 2. The molecule has 0 bridgehead atoms. The lowest BCUT2D eigenvalue weighted by Gasteiger charge is -2.25. The first-order valence-corrected chi connectivity index (χ1v) is 11.9. The number of pyridine rings is 2. The van der Waals surface area contributed by atoms with Crippen molar-refractivity contribution in [2.24, 2.45) is 5.92 Å². The van der Waals surface area contributed by atoms with Crippen LogP contribution in [0.4, 0.5) is 23.8 Å². The molecule has 38 heavy (non-hydrogen) atoms. The average Bonchev–Trinajstić information content (AvgIpc) is 3.28. The number of anilines is 1. The Morgan fingerprint density at radius 2 is 1.89 bits per heavy atom. The Kier molecular flexibility index (Phi) is 7.09. The summed E-state index contributed by atoms with van der Waals surface area (Å²) < 4.78 is 49.8. The minimum absolute atomic E-state index is 0.0782. The third kappa shape index (κ3) is 5.43. The van der Waals surface area contributed by atoms with E-state index in [1.807, 2.05) is 6.92 Å². The zero-order valence-corrected chi connectivity index (χ0v) is 21.2. The van der Waals surface area contributed by atoms with Gasteiger partial charge in [0.2, 0.25) is 5.43 Å². The van der Waals surface area contributed by atoms with Gasteiger partial charge in [-0.3, -0.25) is 9.36 Å². The zero-order valence-electron chi connectivity index (χ0n) is 21.2. The van der Waals surface area contributed by atoms with Gasteiger partial charge >= 0.3 is 12.1 Å². The van der Waals surface area contributed by atoms with Crippen molar-refractivity contribution in [2.75, 3.05) is 18.0 Å². The monoisotopic (exact) mass is 532 g/mol. The van der Waals surface area contributed by atoms with Crippen molar-refractivity contribution in [3.05, 3.63) is 63.7 Å². The average molecular weight is 533 g/mol. The molecule has 2 N–H and O–H groups in total. The lowest BCUT2D eigenvalue weighted by Crippen LogP contribution is -2.42. The predicted molar refractivity (Wildman–Crippen MR) is 133 cm³/mol. The quantitative estimate of drug-likeness (QED) is 0.505. The van der Waals surface area contributed by atoms with Crippen molar-refractivity contribution in [1.29, 1.82) is 0 Å². The van der Waals surface area contributed by atoms with E-state index in [1.54, 1.807) is 25.7 Å². The van der Waals surface area contributed by atoms with Crippen molar-refractivity contribution in [3.8, 4) is 5.69 Å². The number of carboxylic acids is 1. The van der Waals surface area contributed by atoms with Crippen LogP contribution in [0.3, 0.4) is 0 Å². The van der Waals surface area contributed by atoms with Crippen molar-refractivity contribution in [1.82, 2.24) is 14.9 Å². The normalized spacial score (nSPS) is 16.5. The topological polar surface area (TPSA) is 114 Å². The second-order valence-electron chi connectivity index (χ2n) is 10.2. The first kappa shape index (κ1) is 27.0. The van der Waals surface area contributed by atoms with E-state index < -0.39 is 46.1 Å². The number of hydrogen-bond acceptors (Lipinski definition) is 6. The lowest BCUT2D eigenvalue weighted by molar-refractivity contribution is 0.0494. The minimum atomic E-state index is -1.59. The Bertz CT molecular complexity index is 1480. The maximum atomic E-state index is 15.3. The number of hydrogen-bond donors (Lipinski definition) is 2. The molecule has 202 valence electrons. The second kappa shape index (κ2) is 9.99. The molecule has 1 aliphatic rings. The number of carboxylic acid groups (broad SMARTS) is 1. The molecule has 0 unspecified atom stereocenters. The highest BCUT2D eigenvalue weighted by atomic mass is 19.1. The predicted octanol–water partition coefficient (Wildman–Crippen LogP) is 4.24. The molecule has 4 rings (SSSR count). The number of ether oxygens (including phenoxy) is 1. The summed E-state index contributed by atoms with van der Waals surface area (Å²) in [6, 6.07) is 3.22. The first-order valence-electron chi connectivity index (χ1n) is 11.9. The van der Waals surface area contributed by atoms with Gasteiger partial charge in [0.25, 0.3) is 0 Å². The smallest absolute Gasteiger partial charge is 0.407 e. The molecule has 2 aromatic heterocycles. The van der Waals surface area contributed by atoms with E-state index in [4.69, 9.17) is 4.74 Å². The minimum Gasteiger partial charge on any atom is -0.477 e. The Hall–Kier alpha value is -4.09. The van der Waals surface area contributed by atoms with E-state index in [2.05, 4.69) is 10.3 Å². The van der Waals surface area contributed by atoms with Crippen molar-refractivity contribution in [2.45, 2.75) is 45.8 Å². The molecule has 1 fully saturated rings. The summed E-state index contributed by atoms with van der Waals surface area (Å²) in [5.74, 6) is -4.54. The fraction of sp³-hybridized carbons (Fsp3) is 0.385. The summed E-state index contributed by atoms with van der Waals surface area (Å²) in [5.41, 5.74) is -2.83. The SMILES string of the molecule is C[C@@H](NC(=O)OC(C)(C)C)[C@@H]1CCN(c2nc3c(cc2F)c(=O)c(C(=O)O)cn3-c2ccc(F)cc2F)C1. The fourth-order valence-electron chi connectivity index (χ4n) is 4.45. The molecule has 12 heteroatoms. The van der Waals surface area contributed by atoms with Crippen LogP contribution in [0.2, 0.25) is 0 Å². The molecule has 1 aromatic carbocycles. The van der Waals surface area contributed by atoms with Crippen LogP contribution in [0.5, 0.6) is 0 Å². The Morgan fingerprint density at radius 3 is 2.53 bits per heavy atom. The van der Waals surface area contributed by atoms with Gasteiger partial charge in [0, 0.05) is 31.4 Å². The van der Waals surface area contributed by atoms with E-state index in [-0.39, 0.29) is 34.5 Å². The molecule has 0 saturated carbocycles. The molecule has 0 aliphatic carbocycles. The molecule has 2 atom stereocenters. The van der Waals surface area contributed by atoms with Gasteiger partial charge in [0.15, 0.2) is 17.3 Å². The fourth-order valence-corrected chi connectivity index (χ4v) is 4.45. The van der Waals surface area contributed by atoms with E-state index in [0.717, 1.165) is 29.0 Å². The largest absolute Gasteiger partial charge is 0.477 e. The Balaban J connectivity index is 1.72. The third-order valence-electron chi connectivity index (χ3n) is 6.29. The summed E-state index contributed by atoms with van der Waals surface area (Å²) in [7, 11) is 0. The van der Waals surface area contributed by atoms with Crippen molar-refractivity contribution >= 4 is 28.9 Å². The molecular formula is C26H27F3N4O5. The molecule has 1 amide bonds. The van der Waals surface area contributed by atoms with Gasteiger partial charge in [-0.25, -0.2) is 27.7 Å². The molecule has 3 aromatic rings. The van der Waals surface area contributed by atoms with Crippen LogP contribution in [-0.2, 0) is 4.74 Å². The van der Waals surface area contributed by atoms with Crippen LogP contribution in [0, 0.1) is 23.4 Å². The van der Waals surface area contributed by atoms with Gasteiger partial charge in [-0.2, -0.15) is 0 Å². The number of carbonyl (C=O) groups is 2. The van der Waals surface area contributed by atoms with E-state index in [9.17, 15) is 28.3 Å². The van der Waals surface area contributed by atoms with E-state index in [0.29, 0.717) is 25.6 Å². The first-order chi connectivity index (χ1) is 17.7. The van der Waals surface area contributed by atoms with Gasteiger partial charge in [-0.15, -0.1) is 0 Å². The van der Waals surface area contributed by atoms with Gasteiger partial charge < -0.3 is 20.1 Å².